The Labute approximate surface area is 127 Å². The molecule has 0 fully saturated rings. The third-order valence-electron chi connectivity index (χ3n) is 2.31. The molecule has 1 aromatic carbocycles. The van der Waals surface area contributed by atoms with Crippen molar-refractivity contribution in [2.75, 3.05) is 6.67 Å². The van der Waals surface area contributed by atoms with Gasteiger partial charge in [-0.15, -0.1) is 0 Å². The first-order chi connectivity index (χ1) is 9.86. The van der Waals surface area contributed by atoms with Crippen LogP contribution < -0.4 is 5.14 Å². The first kappa shape index (κ1) is 17.5. The van der Waals surface area contributed by atoms with Crippen LogP contribution in [0.4, 0.5) is 4.39 Å². The van der Waals surface area contributed by atoms with Gasteiger partial charge in [0.15, 0.2) is 5.03 Å². The molecule has 0 radical (unpaired) electrons. The van der Waals surface area contributed by atoms with E-state index in [-0.39, 0.29) is 5.56 Å². The molecule has 3 N–H and O–H groups in total. The van der Waals surface area contributed by atoms with Crippen LogP contribution in [-0.4, -0.2) is 25.2 Å². The van der Waals surface area contributed by atoms with Crippen LogP contribution in [0.3, 0.4) is 0 Å². The highest BCUT2D eigenvalue weighted by atomic mass is 35.5. The van der Waals surface area contributed by atoms with Crippen molar-refractivity contribution >= 4 is 21.6 Å². The number of nitrogens with two attached hydrogens (primary N) is 1. The van der Waals surface area contributed by atoms with Crippen molar-refractivity contribution in [2.24, 2.45) is 5.14 Å². The average molecular weight is 333 g/mol. The Bertz CT molecular complexity index is 668. The summed E-state index contributed by atoms with van der Waals surface area (Å²) < 4.78 is 34.0. The Kier molecular flexibility index (Phi) is 6.70. The number of aliphatic hydroxyl groups excluding tert-OH is 1. The molecule has 114 valence electrons. The molecule has 0 saturated carbocycles. The van der Waals surface area contributed by atoms with Crippen molar-refractivity contribution in [3.8, 4) is 0 Å². The molecule has 5 nitrogen and oxygen atoms in total. The molecule has 0 aliphatic carbocycles. The van der Waals surface area contributed by atoms with Crippen molar-refractivity contribution in [3.63, 3.8) is 0 Å². The van der Waals surface area contributed by atoms with Crippen LogP contribution in [0.2, 0.25) is 5.02 Å². The molecule has 2 rings (SSSR count). The molecular formula is C13H14ClFN2O3S. The largest absolute Gasteiger partial charge is 0.386 e. The summed E-state index contributed by atoms with van der Waals surface area (Å²) in [6, 6.07) is 12.1. The molecule has 1 heterocycles. The number of benzene rings is 1. The zero-order valence-electron chi connectivity index (χ0n) is 10.9. The van der Waals surface area contributed by atoms with E-state index in [2.05, 4.69) is 4.98 Å². The molecule has 1 aromatic heterocycles. The van der Waals surface area contributed by atoms with Crippen molar-refractivity contribution < 1.29 is 17.9 Å². The fraction of sp³-hybridized carbons (Fsp3) is 0.154. The number of alkyl halides is 1. The normalized spacial score (nSPS) is 12.2. The van der Waals surface area contributed by atoms with E-state index < -0.39 is 27.8 Å². The number of halogens is 2. The van der Waals surface area contributed by atoms with E-state index in [9.17, 15) is 12.8 Å². The highest BCUT2D eigenvalue weighted by molar-refractivity contribution is 7.89. The van der Waals surface area contributed by atoms with E-state index in [4.69, 9.17) is 21.8 Å². The van der Waals surface area contributed by atoms with Gasteiger partial charge in [-0.2, -0.15) is 0 Å². The third-order valence-corrected chi connectivity index (χ3v) is 3.44. The number of pyridine rings is 1. The Morgan fingerprint density at radius 1 is 1.24 bits per heavy atom. The number of aliphatic hydroxyl groups is 1. The zero-order chi connectivity index (χ0) is 15.9. The Morgan fingerprint density at radius 3 is 2.29 bits per heavy atom. The van der Waals surface area contributed by atoms with E-state index in [1.54, 1.807) is 0 Å². The van der Waals surface area contributed by atoms with Gasteiger partial charge in [0.05, 0.1) is 0 Å². The molecule has 1 unspecified atom stereocenters. The lowest BCUT2D eigenvalue weighted by molar-refractivity contribution is 0.138. The Balaban J connectivity index is 0.000000262. The number of rotatable bonds is 3. The minimum atomic E-state index is -4.03. The number of sulfonamides is 1. The highest BCUT2D eigenvalue weighted by Crippen LogP contribution is 2.19. The Morgan fingerprint density at radius 2 is 1.86 bits per heavy atom. The van der Waals surface area contributed by atoms with Gasteiger partial charge in [-0.25, -0.2) is 22.9 Å². The minimum Gasteiger partial charge on any atom is -0.386 e. The van der Waals surface area contributed by atoms with E-state index in [1.165, 1.54) is 18.3 Å². The van der Waals surface area contributed by atoms with Crippen LogP contribution in [0.15, 0.2) is 53.7 Å². The van der Waals surface area contributed by atoms with Crippen molar-refractivity contribution in [1.82, 2.24) is 4.98 Å². The fourth-order valence-corrected chi connectivity index (χ4v) is 2.28. The Hall–Kier alpha value is -1.54. The van der Waals surface area contributed by atoms with E-state index in [1.807, 2.05) is 30.3 Å². The summed E-state index contributed by atoms with van der Waals surface area (Å²) in [4.78, 5) is 3.48. The summed E-state index contributed by atoms with van der Waals surface area (Å²) >= 11 is 5.54. The standard InChI is InChI=1S/C7H9FN2O3S.C6H5Cl/c8-4-6(11)5-2-1-3-10-7(5)14(9,12)13;7-6-4-2-1-3-5-6/h1-3,6,11H,4H2,(H2,9,12,13);1-5H. The van der Waals surface area contributed by atoms with Crippen molar-refractivity contribution in [3.05, 3.63) is 59.2 Å². The van der Waals surface area contributed by atoms with Crippen LogP contribution in [0.25, 0.3) is 0 Å². The molecule has 21 heavy (non-hydrogen) atoms. The molecule has 1 atom stereocenters. The van der Waals surface area contributed by atoms with Gasteiger partial charge in [-0.3, -0.25) is 0 Å². The van der Waals surface area contributed by atoms with Crippen molar-refractivity contribution in [2.45, 2.75) is 11.1 Å². The smallest absolute Gasteiger partial charge is 0.255 e. The van der Waals surface area contributed by atoms with Gasteiger partial charge >= 0.3 is 0 Å². The maximum atomic E-state index is 12.1. The van der Waals surface area contributed by atoms with Gasteiger partial charge in [0.2, 0.25) is 0 Å². The zero-order valence-corrected chi connectivity index (χ0v) is 12.4. The predicted octanol–water partition coefficient (Wildman–Crippen LogP) is 2.07. The fourth-order valence-electron chi connectivity index (χ4n) is 1.39. The van der Waals surface area contributed by atoms with E-state index in [0.29, 0.717) is 0 Å². The summed E-state index contributed by atoms with van der Waals surface area (Å²) in [6.07, 6.45) is -0.314. The molecule has 0 aliphatic rings. The molecular weight excluding hydrogens is 319 g/mol. The van der Waals surface area contributed by atoms with Gasteiger partial charge in [0, 0.05) is 16.8 Å². The summed E-state index contributed by atoms with van der Waals surface area (Å²) in [5, 5.41) is 14.3. The number of aromatic nitrogens is 1. The first-order valence-electron chi connectivity index (χ1n) is 5.78. The van der Waals surface area contributed by atoms with Crippen molar-refractivity contribution in [1.29, 1.82) is 0 Å². The monoisotopic (exact) mass is 332 g/mol. The molecule has 0 spiro atoms. The van der Waals surface area contributed by atoms with E-state index in [0.717, 1.165) is 5.02 Å². The maximum Gasteiger partial charge on any atom is 0.255 e. The van der Waals surface area contributed by atoms with Gasteiger partial charge in [-0.1, -0.05) is 35.9 Å². The molecule has 2 aromatic rings. The van der Waals surface area contributed by atoms with Crippen LogP contribution in [0.5, 0.6) is 0 Å². The van der Waals surface area contributed by atoms with Crippen LogP contribution in [0.1, 0.15) is 11.7 Å². The summed E-state index contributed by atoms with van der Waals surface area (Å²) in [7, 11) is -4.03. The lowest BCUT2D eigenvalue weighted by Gasteiger charge is -2.09. The van der Waals surface area contributed by atoms with Gasteiger partial charge in [0.25, 0.3) is 10.0 Å². The lowest BCUT2D eigenvalue weighted by Crippen LogP contribution is -2.18. The van der Waals surface area contributed by atoms with Crippen LogP contribution >= 0.6 is 11.6 Å². The second-order valence-corrected chi connectivity index (χ2v) is 5.82. The van der Waals surface area contributed by atoms with E-state index >= 15 is 0 Å². The predicted molar refractivity (Wildman–Crippen MR) is 78.0 cm³/mol. The SMILES string of the molecule is Clc1ccccc1.NS(=O)(=O)c1ncccc1C(O)CF. The van der Waals surface area contributed by atoms with Crippen LogP contribution in [0, 0.1) is 0 Å². The third kappa shape index (κ3) is 5.76. The maximum absolute atomic E-state index is 12.1. The van der Waals surface area contributed by atoms with Gasteiger partial charge < -0.3 is 5.11 Å². The molecule has 0 bridgehead atoms. The summed E-state index contributed by atoms with van der Waals surface area (Å²) in [5.41, 5.74) is -0.127. The average Bonchev–Trinajstić information content (AvgIpc) is 2.47. The number of primary sulfonamides is 1. The lowest BCUT2D eigenvalue weighted by atomic mass is 10.2. The van der Waals surface area contributed by atoms with Crippen LogP contribution in [-0.2, 0) is 10.0 Å². The second-order valence-electron chi connectivity index (χ2n) is 3.91. The number of nitrogens with zero attached hydrogens (tertiary/aromatic N) is 1. The molecule has 8 heteroatoms. The summed E-state index contributed by atoms with van der Waals surface area (Å²) in [6.45, 7) is -1.09. The molecule has 0 aliphatic heterocycles. The minimum absolute atomic E-state index is 0.127. The number of hydrogen-bond donors (Lipinski definition) is 2. The first-order valence-corrected chi connectivity index (χ1v) is 7.71. The molecule has 0 amide bonds. The molecule has 0 saturated heterocycles. The highest BCUT2D eigenvalue weighted by Gasteiger charge is 2.20. The van der Waals surface area contributed by atoms with Gasteiger partial charge in [-0.05, 0) is 18.2 Å². The quantitative estimate of drug-likeness (QED) is 0.899. The van der Waals surface area contributed by atoms with Gasteiger partial charge in [0.1, 0.15) is 12.8 Å². The number of hydrogen-bond acceptors (Lipinski definition) is 4. The second kappa shape index (κ2) is 8.04. The summed E-state index contributed by atoms with van der Waals surface area (Å²) in [5.74, 6) is 0. The topological polar surface area (TPSA) is 93.3 Å².